The lowest BCUT2D eigenvalue weighted by atomic mass is 10.0. The van der Waals surface area contributed by atoms with E-state index in [2.05, 4.69) is 5.32 Å². The third kappa shape index (κ3) is 7.86. The number of benzene rings is 3. The zero-order valence-corrected chi connectivity index (χ0v) is 21.5. The second kappa shape index (κ2) is 12.4. The predicted molar refractivity (Wildman–Crippen MR) is 141 cm³/mol. The first kappa shape index (κ1) is 26.3. The average molecular weight is 493 g/mol. The van der Waals surface area contributed by atoms with Gasteiger partial charge in [0.25, 0.3) is 5.91 Å². The molecule has 5 nitrogen and oxygen atoms in total. The van der Waals surface area contributed by atoms with E-state index in [4.69, 9.17) is 16.3 Å². The fourth-order valence-corrected chi connectivity index (χ4v) is 4.06. The van der Waals surface area contributed by atoms with Gasteiger partial charge in [-0.15, -0.1) is 0 Å². The van der Waals surface area contributed by atoms with E-state index in [1.165, 1.54) is 0 Å². The van der Waals surface area contributed by atoms with Crippen LogP contribution in [-0.4, -0.2) is 35.4 Å². The van der Waals surface area contributed by atoms with Crippen molar-refractivity contribution in [1.29, 1.82) is 0 Å². The largest absolute Gasteiger partial charge is 0.483 e. The third-order valence-corrected chi connectivity index (χ3v) is 5.87. The predicted octanol–water partition coefficient (Wildman–Crippen LogP) is 5.50. The van der Waals surface area contributed by atoms with Crippen LogP contribution in [0.25, 0.3) is 0 Å². The van der Waals surface area contributed by atoms with Gasteiger partial charge in [0.1, 0.15) is 11.8 Å². The van der Waals surface area contributed by atoms with E-state index in [9.17, 15) is 9.59 Å². The van der Waals surface area contributed by atoms with E-state index < -0.39 is 6.04 Å². The molecule has 0 saturated carbocycles. The van der Waals surface area contributed by atoms with Crippen molar-refractivity contribution in [3.8, 4) is 5.75 Å². The van der Waals surface area contributed by atoms with Crippen LogP contribution in [0, 0.1) is 13.8 Å². The van der Waals surface area contributed by atoms with Gasteiger partial charge in [-0.3, -0.25) is 9.59 Å². The molecule has 2 amide bonds. The van der Waals surface area contributed by atoms with Crippen molar-refractivity contribution in [2.45, 2.75) is 52.7 Å². The first-order valence-electron chi connectivity index (χ1n) is 11.8. The highest BCUT2D eigenvalue weighted by Gasteiger charge is 2.31. The van der Waals surface area contributed by atoms with Gasteiger partial charge in [0, 0.05) is 24.0 Å². The van der Waals surface area contributed by atoms with Gasteiger partial charge in [0.15, 0.2) is 6.61 Å². The van der Waals surface area contributed by atoms with Crippen molar-refractivity contribution in [3.63, 3.8) is 0 Å². The van der Waals surface area contributed by atoms with Crippen LogP contribution in [-0.2, 0) is 22.6 Å². The van der Waals surface area contributed by atoms with Gasteiger partial charge < -0.3 is 15.0 Å². The molecule has 6 heteroatoms. The Morgan fingerprint density at radius 3 is 2.34 bits per heavy atom. The highest BCUT2D eigenvalue weighted by Crippen LogP contribution is 2.21. The van der Waals surface area contributed by atoms with E-state index in [1.54, 1.807) is 11.0 Å². The van der Waals surface area contributed by atoms with Gasteiger partial charge in [-0.05, 0) is 68.1 Å². The molecule has 0 aliphatic rings. The maximum absolute atomic E-state index is 13.6. The quantitative estimate of drug-likeness (QED) is 0.406. The molecule has 0 aliphatic heterocycles. The Hall–Kier alpha value is -3.31. The number of nitrogens with zero attached hydrogens (tertiary/aromatic N) is 1. The topological polar surface area (TPSA) is 58.6 Å². The number of carbonyl (C=O) groups excluding carboxylic acids is 2. The normalized spacial score (nSPS) is 11.7. The first-order chi connectivity index (χ1) is 16.7. The molecule has 0 saturated heterocycles. The zero-order chi connectivity index (χ0) is 25.4. The van der Waals surface area contributed by atoms with E-state index >= 15 is 0 Å². The Labute approximate surface area is 213 Å². The number of aryl methyl sites for hydroxylation is 2. The van der Waals surface area contributed by atoms with E-state index in [0.29, 0.717) is 17.2 Å². The highest BCUT2D eigenvalue weighted by molar-refractivity contribution is 6.30. The van der Waals surface area contributed by atoms with Gasteiger partial charge in [-0.2, -0.15) is 0 Å². The van der Waals surface area contributed by atoms with Crippen LogP contribution in [0.2, 0.25) is 5.02 Å². The smallest absolute Gasteiger partial charge is 0.261 e. The molecule has 0 spiro atoms. The molecule has 0 heterocycles. The Morgan fingerprint density at radius 1 is 0.943 bits per heavy atom. The number of rotatable bonds is 10. The fourth-order valence-electron chi connectivity index (χ4n) is 3.85. The number of halogens is 1. The van der Waals surface area contributed by atoms with Gasteiger partial charge in [0.05, 0.1) is 0 Å². The number of hydrogen-bond acceptors (Lipinski definition) is 3. The molecule has 0 unspecified atom stereocenters. The highest BCUT2D eigenvalue weighted by atomic mass is 35.5. The van der Waals surface area contributed by atoms with Crippen molar-refractivity contribution < 1.29 is 14.3 Å². The SMILES string of the molecule is Cc1ccc(C)c(OCC(=O)N(Cc2cccc(Cl)c2)[C@H](Cc2ccccc2)C(=O)NC(C)C)c1. The number of carbonyl (C=O) groups is 2. The van der Waals surface area contributed by atoms with Crippen molar-refractivity contribution in [2.24, 2.45) is 0 Å². The van der Waals surface area contributed by atoms with E-state index in [0.717, 1.165) is 22.3 Å². The monoisotopic (exact) mass is 492 g/mol. The summed E-state index contributed by atoms with van der Waals surface area (Å²) in [5.74, 6) is 0.184. The van der Waals surface area contributed by atoms with E-state index in [-0.39, 0.29) is 31.0 Å². The molecule has 35 heavy (non-hydrogen) atoms. The first-order valence-corrected chi connectivity index (χ1v) is 12.2. The molecule has 1 atom stereocenters. The lowest BCUT2D eigenvalue weighted by Crippen LogP contribution is -2.52. The molecular weight excluding hydrogens is 460 g/mol. The van der Waals surface area contributed by atoms with Crippen LogP contribution in [0.3, 0.4) is 0 Å². The zero-order valence-electron chi connectivity index (χ0n) is 20.8. The summed E-state index contributed by atoms with van der Waals surface area (Å²) in [7, 11) is 0. The van der Waals surface area contributed by atoms with Crippen LogP contribution in [0.5, 0.6) is 5.75 Å². The molecule has 0 bridgehead atoms. The minimum Gasteiger partial charge on any atom is -0.483 e. The molecule has 3 aromatic rings. The van der Waals surface area contributed by atoms with Crippen molar-refractivity contribution in [2.75, 3.05) is 6.61 Å². The minimum absolute atomic E-state index is 0.0601. The van der Waals surface area contributed by atoms with Crippen molar-refractivity contribution in [1.82, 2.24) is 10.2 Å². The van der Waals surface area contributed by atoms with Crippen LogP contribution in [0.1, 0.15) is 36.1 Å². The summed E-state index contributed by atoms with van der Waals surface area (Å²) in [5.41, 5.74) is 3.80. The average Bonchev–Trinajstić information content (AvgIpc) is 2.82. The van der Waals surface area contributed by atoms with Crippen LogP contribution in [0.15, 0.2) is 72.8 Å². The molecule has 0 fully saturated rings. The van der Waals surface area contributed by atoms with Crippen LogP contribution < -0.4 is 10.1 Å². The Morgan fingerprint density at radius 2 is 1.66 bits per heavy atom. The number of ether oxygens (including phenoxy) is 1. The summed E-state index contributed by atoms with van der Waals surface area (Å²) >= 11 is 6.21. The summed E-state index contributed by atoms with van der Waals surface area (Å²) in [6.45, 7) is 7.79. The lowest BCUT2D eigenvalue weighted by molar-refractivity contribution is -0.143. The fraction of sp³-hybridized carbons (Fsp3) is 0.310. The number of nitrogens with one attached hydrogen (secondary N) is 1. The summed E-state index contributed by atoms with van der Waals surface area (Å²) in [6.07, 6.45) is 0.384. The van der Waals surface area contributed by atoms with E-state index in [1.807, 2.05) is 94.4 Å². The maximum Gasteiger partial charge on any atom is 0.261 e. The second-order valence-electron chi connectivity index (χ2n) is 9.08. The number of amides is 2. The molecule has 0 radical (unpaired) electrons. The Balaban J connectivity index is 1.92. The molecule has 3 rings (SSSR count). The van der Waals surface area contributed by atoms with Gasteiger partial charge in [-0.25, -0.2) is 0 Å². The summed E-state index contributed by atoms with van der Waals surface area (Å²) < 4.78 is 5.93. The summed E-state index contributed by atoms with van der Waals surface area (Å²) in [4.78, 5) is 28.6. The molecule has 1 N–H and O–H groups in total. The van der Waals surface area contributed by atoms with Gasteiger partial charge in [0.2, 0.25) is 5.91 Å². The third-order valence-electron chi connectivity index (χ3n) is 5.64. The molecule has 184 valence electrons. The Kier molecular flexibility index (Phi) is 9.32. The van der Waals surface area contributed by atoms with Crippen LogP contribution in [0.4, 0.5) is 0 Å². The number of hydrogen-bond donors (Lipinski definition) is 1. The summed E-state index contributed by atoms with van der Waals surface area (Å²) in [5, 5.41) is 3.56. The second-order valence-corrected chi connectivity index (χ2v) is 9.51. The lowest BCUT2D eigenvalue weighted by Gasteiger charge is -2.32. The summed E-state index contributed by atoms with van der Waals surface area (Å²) in [6, 6.07) is 22.2. The molecule has 0 aliphatic carbocycles. The van der Waals surface area contributed by atoms with Crippen molar-refractivity contribution >= 4 is 23.4 Å². The molecule has 0 aromatic heterocycles. The molecule has 3 aromatic carbocycles. The van der Waals surface area contributed by atoms with Gasteiger partial charge >= 0.3 is 0 Å². The van der Waals surface area contributed by atoms with Crippen molar-refractivity contribution in [3.05, 3.63) is 100 Å². The maximum atomic E-state index is 13.6. The van der Waals surface area contributed by atoms with Crippen LogP contribution >= 0.6 is 11.6 Å². The minimum atomic E-state index is -0.714. The Bertz CT molecular complexity index is 1150. The van der Waals surface area contributed by atoms with Gasteiger partial charge in [-0.1, -0.05) is 66.2 Å². The standard InChI is InChI=1S/C29H33ClN2O3/c1-20(2)31-29(34)26(17-23-9-6-5-7-10-23)32(18-24-11-8-12-25(30)16-24)28(33)19-35-27-15-21(3)13-14-22(27)4/h5-16,20,26H,17-19H2,1-4H3,(H,31,34)/t26-/m1/s1. The molecular formula is C29H33ClN2O3.